The molecule has 0 unspecified atom stereocenters. The van der Waals surface area contributed by atoms with E-state index < -0.39 is 0 Å². The SMILES string of the molecule is CC(=O)N/C(=C\C#N)c1ccccc1. The summed E-state index contributed by atoms with van der Waals surface area (Å²) in [6.07, 6.45) is 1.32. The molecule has 0 radical (unpaired) electrons. The van der Waals surface area contributed by atoms with E-state index in [4.69, 9.17) is 5.26 Å². The van der Waals surface area contributed by atoms with Crippen molar-refractivity contribution in [3.8, 4) is 6.07 Å². The molecule has 0 heterocycles. The summed E-state index contributed by atoms with van der Waals surface area (Å²) < 4.78 is 0. The third-order valence-electron chi connectivity index (χ3n) is 1.60. The van der Waals surface area contributed by atoms with Crippen LogP contribution in [0.15, 0.2) is 36.4 Å². The molecule has 14 heavy (non-hydrogen) atoms. The first-order valence-corrected chi connectivity index (χ1v) is 4.17. The van der Waals surface area contributed by atoms with Gasteiger partial charge in [0.25, 0.3) is 0 Å². The van der Waals surface area contributed by atoms with Crippen LogP contribution in [0.2, 0.25) is 0 Å². The van der Waals surface area contributed by atoms with Crippen LogP contribution in [0.25, 0.3) is 5.70 Å². The Hall–Kier alpha value is -2.08. The number of benzene rings is 1. The molecule has 1 N–H and O–H groups in total. The summed E-state index contributed by atoms with van der Waals surface area (Å²) >= 11 is 0. The average Bonchev–Trinajstić information content (AvgIpc) is 2.18. The number of hydrogen-bond donors (Lipinski definition) is 1. The van der Waals surface area contributed by atoms with E-state index in [0.29, 0.717) is 5.70 Å². The topological polar surface area (TPSA) is 52.9 Å². The first-order chi connectivity index (χ1) is 6.74. The first-order valence-electron chi connectivity index (χ1n) is 4.17. The molecule has 0 aliphatic rings. The van der Waals surface area contributed by atoms with E-state index >= 15 is 0 Å². The van der Waals surface area contributed by atoms with Crippen molar-refractivity contribution in [2.45, 2.75) is 6.92 Å². The number of carbonyl (C=O) groups excluding carboxylic acids is 1. The number of carbonyl (C=O) groups is 1. The Morgan fingerprint density at radius 1 is 1.43 bits per heavy atom. The highest BCUT2D eigenvalue weighted by Gasteiger charge is 2.01. The van der Waals surface area contributed by atoms with Gasteiger partial charge in [-0.3, -0.25) is 4.79 Å². The van der Waals surface area contributed by atoms with Crippen LogP contribution in [0.4, 0.5) is 0 Å². The van der Waals surface area contributed by atoms with Crippen LogP contribution in [0.5, 0.6) is 0 Å². The van der Waals surface area contributed by atoms with Crippen LogP contribution in [0.3, 0.4) is 0 Å². The molecular formula is C11H10N2O. The highest BCUT2D eigenvalue weighted by atomic mass is 16.1. The summed E-state index contributed by atoms with van der Waals surface area (Å²) in [5.74, 6) is -0.185. The van der Waals surface area contributed by atoms with Gasteiger partial charge in [-0.2, -0.15) is 5.26 Å². The predicted molar refractivity (Wildman–Crippen MR) is 53.8 cm³/mol. The summed E-state index contributed by atoms with van der Waals surface area (Å²) in [5.41, 5.74) is 1.35. The van der Waals surface area contributed by atoms with Gasteiger partial charge in [0.15, 0.2) is 0 Å². The molecule has 70 valence electrons. The Morgan fingerprint density at radius 2 is 2.07 bits per heavy atom. The summed E-state index contributed by atoms with van der Waals surface area (Å²) in [5, 5.41) is 11.1. The van der Waals surface area contributed by atoms with Crippen LogP contribution in [-0.2, 0) is 4.79 Å². The average molecular weight is 186 g/mol. The normalized spacial score (nSPS) is 10.4. The van der Waals surface area contributed by atoms with Crippen molar-refractivity contribution in [3.63, 3.8) is 0 Å². The van der Waals surface area contributed by atoms with Crippen LogP contribution in [-0.4, -0.2) is 5.91 Å². The Balaban J connectivity index is 2.97. The third kappa shape index (κ3) is 2.76. The quantitative estimate of drug-likeness (QED) is 0.714. The Labute approximate surface area is 82.7 Å². The molecule has 1 aromatic carbocycles. The second-order valence-electron chi connectivity index (χ2n) is 2.73. The van der Waals surface area contributed by atoms with Crippen LogP contribution < -0.4 is 5.32 Å². The first kappa shape index (κ1) is 10.0. The number of allylic oxidation sites excluding steroid dienone is 1. The summed E-state index contributed by atoms with van der Waals surface area (Å²) in [6.45, 7) is 1.41. The van der Waals surface area contributed by atoms with Crippen LogP contribution >= 0.6 is 0 Å². The second kappa shape index (κ2) is 4.83. The van der Waals surface area contributed by atoms with E-state index in [1.165, 1.54) is 13.0 Å². The van der Waals surface area contributed by atoms with E-state index in [1.54, 1.807) is 0 Å². The highest BCUT2D eigenvalue weighted by Crippen LogP contribution is 2.09. The minimum atomic E-state index is -0.185. The molecule has 0 aliphatic heterocycles. The van der Waals surface area contributed by atoms with Crippen LogP contribution in [0.1, 0.15) is 12.5 Å². The standard InChI is InChI=1S/C11H10N2O/c1-9(14)13-11(7-8-12)10-5-3-2-4-6-10/h2-7H,1H3,(H,13,14)/b11-7-. The fourth-order valence-electron chi connectivity index (χ4n) is 1.06. The monoisotopic (exact) mass is 186 g/mol. The van der Waals surface area contributed by atoms with E-state index in [2.05, 4.69) is 5.32 Å². The van der Waals surface area contributed by atoms with E-state index in [1.807, 2.05) is 36.4 Å². The number of nitrogens with zero attached hydrogens (tertiary/aromatic N) is 1. The number of amides is 1. The van der Waals surface area contributed by atoms with Crippen molar-refractivity contribution in [2.75, 3.05) is 0 Å². The molecule has 0 saturated carbocycles. The molecule has 1 rings (SSSR count). The van der Waals surface area contributed by atoms with Gasteiger partial charge >= 0.3 is 0 Å². The molecule has 0 spiro atoms. The summed E-state index contributed by atoms with van der Waals surface area (Å²) in [6, 6.07) is 11.1. The molecule has 0 bridgehead atoms. The van der Waals surface area contributed by atoms with Gasteiger partial charge in [-0.15, -0.1) is 0 Å². The maximum Gasteiger partial charge on any atom is 0.221 e. The minimum absolute atomic E-state index is 0.185. The number of nitrogens with one attached hydrogen (secondary N) is 1. The molecule has 3 heteroatoms. The molecular weight excluding hydrogens is 176 g/mol. The van der Waals surface area contributed by atoms with Gasteiger partial charge in [-0.05, 0) is 5.56 Å². The highest BCUT2D eigenvalue weighted by molar-refractivity contribution is 5.85. The molecule has 0 aromatic heterocycles. The molecule has 1 amide bonds. The van der Waals surface area contributed by atoms with Gasteiger partial charge in [0, 0.05) is 13.0 Å². The van der Waals surface area contributed by atoms with Crippen LogP contribution in [0, 0.1) is 11.3 Å². The van der Waals surface area contributed by atoms with Gasteiger partial charge in [0.1, 0.15) is 0 Å². The summed E-state index contributed by atoms with van der Waals surface area (Å²) in [7, 11) is 0. The molecule has 0 atom stereocenters. The summed E-state index contributed by atoms with van der Waals surface area (Å²) in [4.78, 5) is 10.8. The predicted octanol–water partition coefficient (Wildman–Crippen LogP) is 1.69. The van der Waals surface area contributed by atoms with Crippen molar-refractivity contribution in [3.05, 3.63) is 42.0 Å². The largest absolute Gasteiger partial charge is 0.325 e. The molecule has 0 fully saturated rings. The van der Waals surface area contributed by atoms with Gasteiger partial charge < -0.3 is 5.32 Å². The molecule has 0 saturated heterocycles. The number of hydrogen-bond acceptors (Lipinski definition) is 2. The lowest BCUT2D eigenvalue weighted by Crippen LogP contribution is -2.17. The lowest BCUT2D eigenvalue weighted by Gasteiger charge is -2.05. The van der Waals surface area contributed by atoms with E-state index in [0.717, 1.165) is 5.56 Å². The zero-order valence-corrected chi connectivity index (χ0v) is 7.82. The maximum absolute atomic E-state index is 10.8. The Kier molecular flexibility index (Phi) is 3.45. The van der Waals surface area contributed by atoms with Crippen molar-refractivity contribution < 1.29 is 4.79 Å². The zero-order chi connectivity index (χ0) is 10.4. The zero-order valence-electron chi connectivity index (χ0n) is 7.82. The lowest BCUT2D eigenvalue weighted by molar-refractivity contribution is -0.117. The fourth-order valence-corrected chi connectivity index (χ4v) is 1.06. The van der Waals surface area contributed by atoms with Gasteiger partial charge in [-0.25, -0.2) is 0 Å². The maximum atomic E-state index is 10.8. The second-order valence-corrected chi connectivity index (χ2v) is 2.73. The minimum Gasteiger partial charge on any atom is -0.325 e. The van der Waals surface area contributed by atoms with Crippen molar-refractivity contribution in [1.82, 2.24) is 5.32 Å². The van der Waals surface area contributed by atoms with Gasteiger partial charge in [0.05, 0.1) is 11.8 Å². The molecule has 3 nitrogen and oxygen atoms in total. The number of rotatable bonds is 2. The lowest BCUT2D eigenvalue weighted by atomic mass is 10.1. The molecule has 1 aromatic rings. The van der Waals surface area contributed by atoms with E-state index in [9.17, 15) is 4.79 Å². The smallest absolute Gasteiger partial charge is 0.221 e. The Morgan fingerprint density at radius 3 is 2.57 bits per heavy atom. The van der Waals surface area contributed by atoms with Crippen molar-refractivity contribution >= 4 is 11.6 Å². The van der Waals surface area contributed by atoms with Gasteiger partial charge in [0.2, 0.25) is 5.91 Å². The Bertz CT molecular complexity index is 387. The number of nitriles is 1. The fraction of sp³-hybridized carbons (Fsp3) is 0.0909. The van der Waals surface area contributed by atoms with Crippen molar-refractivity contribution in [2.24, 2.45) is 0 Å². The van der Waals surface area contributed by atoms with E-state index in [-0.39, 0.29) is 5.91 Å². The third-order valence-corrected chi connectivity index (χ3v) is 1.60. The molecule has 0 aliphatic carbocycles. The van der Waals surface area contributed by atoms with Crippen molar-refractivity contribution in [1.29, 1.82) is 5.26 Å². The van der Waals surface area contributed by atoms with Gasteiger partial charge in [-0.1, -0.05) is 30.3 Å².